The molecule has 0 aromatic carbocycles. The van der Waals surface area contributed by atoms with Crippen molar-refractivity contribution in [1.82, 2.24) is 9.62 Å². The minimum atomic E-state index is 0.631. The number of nitrogens with zero attached hydrogens (tertiary/aromatic N) is 1. The zero-order valence-corrected chi connectivity index (χ0v) is 9.18. The van der Waals surface area contributed by atoms with Gasteiger partial charge in [-0.1, -0.05) is 18.9 Å². The normalized spacial score (nSPS) is 34.1. The van der Waals surface area contributed by atoms with Crippen molar-refractivity contribution in [3.05, 3.63) is 0 Å². The van der Waals surface area contributed by atoms with Gasteiger partial charge >= 0.3 is 0 Å². The van der Waals surface area contributed by atoms with Crippen LogP contribution in [0.15, 0.2) is 0 Å². The Labute approximate surface area is 75.8 Å². The summed E-state index contributed by atoms with van der Waals surface area (Å²) >= 11 is 1.94. The molecule has 1 aliphatic heterocycles. The van der Waals surface area contributed by atoms with Gasteiger partial charge in [0.25, 0.3) is 0 Å². The molecule has 1 N–H and O–H groups in total. The Kier molecular flexibility index (Phi) is 4.14. The zero-order valence-electron chi connectivity index (χ0n) is 7.21. The lowest BCUT2D eigenvalue weighted by Crippen LogP contribution is -2.46. The van der Waals surface area contributed by atoms with Crippen molar-refractivity contribution in [2.45, 2.75) is 31.7 Å². The summed E-state index contributed by atoms with van der Waals surface area (Å²) in [5.74, 6) is 0. The van der Waals surface area contributed by atoms with Crippen LogP contribution in [-0.4, -0.2) is 28.6 Å². The van der Waals surface area contributed by atoms with Crippen LogP contribution in [0.3, 0.4) is 0 Å². The van der Waals surface area contributed by atoms with Crippen molar-refractivity contribution < 1.29 is 0 Å². The van der Waals surface area contributed by atoms with Crippen LogP contribution in [0.2, 0.25) is 0 Å². The summed E-state index contributed by atoms with van der Waals surface area (Å²) in [5, 5.41) is 4.13. The van der Waals surface area contributed by atoms with E-state index in [4.69, 9.17) is 0 Å². The predicted molar refractivity (Wildman–Crippen MR) is 55.6 cm³/mol. The van der Waals surface area contributed by atoms with E-state index in [0.29, 0.717) is 11.4 Å². The van der Waals surface area contributed by atoms with E-state index in [-0.39, 0.29) is 0 Å². The molecule has 3 atom stereocenters. The first-order valence-corrected chi connectivity index (χ1v) is 5.80. The smallest absolute Gasteiger partial charge is 0.0679 e. The van der Waals surface area contributed by atoms with Crippen LogP contribution < -0.4 is 5.32 Å². The maximum absolute atomic E-state index is 3.49. The van der Waals surface area contributed by atoms with Crippen LogP contribution in [0, 0.1) is 0 Å². The predicted octanol–water partition coefficient (Wildman–Crippen LogP) is 1.50. The van der Waals surface area contributed by atoms with Crippen LogP contribution in [0.5, 0.6) is 0 Å². The summed E-state index contributed by atoms with van der Waals surface area (Å²) in [5.41, 5.74) is 0. The first-order valence-electron chi connectivity index (χ1n) is 4.14. The fraction of sp³-hybridized carbons (Fsp3) is 1.00. The maximum atomic E-state index is 3.49. The van der Waals surface area contributed by atoms with Crippen LogP contribution in [0.4, 0.5) is 0 Å². The lowest BCUT2D eigenvalue weighted by Gasteiger charge is -2.36. The molecule has 3 unspecified atom stereocenters. The van der Waals surface area contributed by atoms with Crippen molar-refractivity contribution in [2.75, 3.05) is 12.8 Å². The molecule has 0 aromatic rings. The molecule has 4 heteroatoms. The van der Waals surface area contributed by atoms with Gasteiger partial charge in [-0.05, 0) is 13.3 Å². The zero-order chi connectivity index (χ0) is 8.27. The summed E-state index contributed by atoms with van der Waals surface area (Å²) in [4.78, 5) is 0. The Bertz CT molecular complexity index is 123. The lowest BCUT2D eigenvalue weighted by molar-refractivity contribution is 0.364. The molecular weight excluding hydrogens is 175 g/mol. The molecule has 0 aromatic heterocycles. The molecule has 0 spiro atoms. The molecule has 0 aliphatic carbocycles. The molecule has 1 heterocycles. The summed E-state index contributed by atoms with van der Waals surface area (Å²) in [6, 6.07) is 0.667. The average molecular weight is 192 g/mol. The summed E-state index contributed by atoms with van der Waals surface area (Å²) < 4.78 is 2.43. The number of nitrogens with one attached hydrogen (secondary N) is 1. The van der Waals surface area contributed by atoms with Gasteiger partial charge in [0, 0.05) is 18.9 Å². The van der Waals surface area contributed by atoms with Crippen molar-refractivity contribution in [3.63, 3.8) is 0 Å². The van der Waals surface area contributed by atoms with Gasteiger partial charge in [-0.15, -0.1) is 9.24 Å². The topological polar surface area (TPSA) is 15.3 Å². The van der Waals surface area contributed by atoms with E-state index in [1.54, 1.807) is 0 Å². The first-order chi connectivity index (χ1) is 5.27. The average Bonchev–Trinajstić information content (AvgIpc) is 2.05. The van der Waals surface area contributed by atoms with Gasteiger partial charge < -0.3 is 5.32 Å². The SMILES string of the molecule is CCC1NCC(C)N(CP)S1. The van der Waals surface area contributed by atoms with Crippen molar-refractivity contribution in [2.24, 2.45) is 0 Å². The van der Waals surface area contributed by atoms with E-state index < -0.39 is 0 Å². The van der Waals surface area contributed by atoms with Crippen LogP contribution >= 0.6 is 21.2 Å². The van der Waals surface area contributed by atoms with Gasteiger partial charge in [-0.3, -0.25) is 0 Å². The Morgan fingerprint density at radius 2 is 2.45 bits per heavy atom. The quantitative estimate of drug-likeness (QED) is 0.527. The maximum Gasteiger partial charge on any atom is 0.0679 e. The molecule has 11 heavy (non-hydrogen) atoms. The standard InChI is InChI=1S/C7H17N2PS/c1-3-7-8-4-6(2)9(5-10)11-7/h6-8H,3-5,10H2,1-2H3. The second-order valence-corrected chi connectivity index (χ2v) is 4.47. The van der Waals surface area contributed by atoms with Crippen molar-refractivity contribution >= 4 is 21.2 Å². The molecule has 1 fully saturated rings. The van der Waals surface area contributed by atoms with Crippen LogP contribution in [0.1, 0.15) is 20.3 Å². The van der Waals surface area contributed by atoms with E-state index in [9.17, 15) is 0 Å². The van der Waals surface area contributed by atoms with Gasteiger partial charge in [-0.2, -0.15) is 0 Å². The third-order valence-electron chi connectivity index (χ3n) is 1.95. The Balaban J connectivity index is 2.37. The van der Waals surface area contributed by atoms with E-state index >= 15 is 0 Å². The highest BCUT2D eigenvalue weighted by atomic mass is 32.2. The molecule has 0 radical (unpaired) electrons. The van der Waals surface area contributed by atoms with E-state index in [1.165, 1.54) is 6.42 Å². The summed E-state index contributed by atoms with van der Waals surface area (Å²) in [6.45, 7) is 5.61. The monoisotopic (exact) mass is 192 g/mol. The number of rotatable bonds is 2. The Hall–Kier alpha value is 0.700. The highest BCUT2D eigenvalue weighted by Crippen LogP contribution is 2.25. The molecule has 0 saturated carbocycles. The second-order valence-electron chi connectivity index (χ2n) is 2.86. The van der Waals surface area contributed by atoms with Crippen LogP contribution in [0.25, 0.3) is 0 Å². The molecular formula is C7H17N2PS. The third kappa shape index (κ3) is 2.59. The number of hydrogen-bond donors (Lipinski definition) is 1. The minimum Gasteiger partial charge on any atom is -0.303 e. The molecule has 1 aliphatic rings. The Morgan fingerprint density at radius 1 is 1.73 bits per heavy atom. The minimum absolute atomic E-state index is 0.631. The largest absolute Gasteiger partial charge is 0.303 e. The molecule has 1 rings (SSSR count). The van der Waals surface area contributed by atoms with Crippen molar-refractivity contribution in [3.8, 4) is 0 Å². The van der Waals surface area contributed by atoms with Gasteiger partial charge in [0.15, 0.2) is 0 Å². The van der Waals surface area contributed by atoms with E-state index in [1.807, 2.05) is 11.9 Å². The van der Waals surface area contributed by atoms with E-state index in [0.717, 1.165) is 12.8 Å². The fourth-order valence-corrected chi connectivity index (χ4v) is 2.78. The highest BCUT2D eigenvalue weighted by Gasteiger charge is 2.22. The van der Waals surface area contributed by atoms with E-state index in [2.05, 4.69) is 32.7 Å². The first kappa shape index (κ1) is 9.79. The third-order valence-corrected chi connectivity index (χ3v) is 4.14. The van der Waals surface area contributed by atoms with Crippen LogP contribution in [-0.2, 0) is 0 Å². The van der Waals surface area contributed by atoms with Crippen molar-refractivity contribution in [1.29, 1.82) is 0 Å². The second kappa shape index (κ2) is 4.66. The van der Waals surface area contributed by atoms with Gasteiger partial charge in [-0.25, -0.2) is 4.31 Å². The summed E-state index contributed by atoms with van der Waals surface area (Å²) in [6.07, 6.45) is 2.28. The van der Waals surface area contributed by atoms with Gasteiger partial charge in [0.05, 0.1) is 5.37 Å². The molecule has 66 valence electrons. The Morgan fingerprint density at radius 3 is 3.00 bits per heavy atom. The highest BCUT2D eigenvalue weighted by molar-refractivity contribution is 7.97. The molecule has 0 amide bonds. The van der Waals surface area contributed by atoms with Gasteiger partial charge in [0.2, 0.25) is 0 Å². The molecule has 2 nitrogen and oxygen atoms in total. The molecule has 0 bridgehead atoms. The lowest BCUT2D eigenvalue weighted by atomic mass is 10.3. The fourth-order valence-electron chi connectivity index (χ4n) is 1.15. The molecule has 1 saturated heterocycles. The van der Waals surface area contributed by atoms with Gasteiger partial charge in [0.1, 0.15) is 0 Å². The number of hydrogen-bond acceptors (Lipinski definition) is 3. The summed E-state index contributed by atoms with van der Waals surface area (Å²) in [7, 11) is 2.78.